The van der Waals surface area contributed by atoms with Crippen LogP contribution in [0.15, 0.2) is 42.5 Å². The van der Waals surface area contributed by atoms with E-state index in [1.807, 2.05) is 0 Å². The van der Waals surface area contributed by atoms with Crippen LogP contribution < -0.4 is 5.19 Å². The molecule has 0 saturated carbocycles. The molecule has 2 aromatic carbocycles. The van der Waals surface area contributed by atoms with Gasteiger partial charge in [-0.2, -0.15) is 0 Å². The SMILES string of the molecule is CC(C)c1ccc(C(C)(C)C)c([Si]C2C=Cc3ccccc32)c1C(C)(C)C. The second kappa shape index (κ2) is 7.09. The van der Waals surface area contributed by atoms with E-state index in [1.54, 1.807) is 10.8 Å². The Hall–Kier alpha value is -1.60. The first-order chi connectivity index (χ1) is 12.5. The maximum atomic E-state index is 2.42. The smallest absolute Gasteiger partial charge is 0.0792 e. The molecule has 0 spiro atoms. The Balaban J connectivity index is 2.20. The molecule has 0 nitrogen and oxygen atoms in total. The van der Waals surface area contributed by atoms with Crippen molar-refractivity contribution in [3.63, 3.8) is 0 Å². The fraction of sp³-hybridized carbons (Fsp3) is 0.462. The van der Waals surface area contributed by atoms with E-state index in [-0.39, 0.29) is 10.8 Å². The van der Waals surface area contributed by atoms with Gasteiger partial charge in [0.1, 0.15) is 0 Å². The summed E-state index contributed by atoms with van der Waals surface area (Å²) in [4.78, 5) is 0. The highest BCUT2D eigenvalue weighted by Gasteiger charge is 2.31. The minimum Gasteiger partial charge on any atom is -0.0792 e. The maximum Gasteiger partial charge on any atom is 0.0949 e. The number of benzene rings is 2. The van der Waals surface area contributed by atoms with E-state index in [4.69, 9.17) is 0 Å². The van der Waals surface area contributed by atoms with Crippen LogP contribution in [0.1, 0.15) is 94.7 Å². The lowest BCUT2D eigenvalue weighted by atomic mass is 9.76. The summed E-state index contributed by atoms with van der Waals surface area (Å²) in [6.07, 6.45) is 4.73. The molecule has 1 aliphatic carbocycles. The summed E-state index contributed by atoms with van der Waals surface area (Å²) in [6, 6.07) is 13.7. The molecule has 1 aliphatic rings. The van der Waals surface area contributed by atoms with Gasteiger partial charge in [0.15, 0.2) is 0 Å². The Labute approximate surface area is 168 Å². The summed E-state index contributed by atoms with van der Waals surface area (Å²) >= 11 is 0. The van der Waals surface area contributed by atoms with Crippen molar-refractivity contribution in [1.82, 2.24) is 0 Å². The molecule has 1 heteroatoms. The highest BCUT2D eigenvalue weighted by molar-refractivity contribution is 6.57. The van der Waals surface area contributed by atoms with Crippen LogP contribution in [0.25, 0.3) is 6.08 Å². The lowest BCUT2D eigenvalue weighted by Gasteiger charge is -2.34. The molecule has 0 amide bonds. The van der Waals surface area contributed by atoms with Crippen molar-refractivity contribution in [3.05, 3.63) is 70.3 Å². The van der Waals surface area contributed by atoms with Crippen molar-refractivity contribution in [3.8, 4) is 0 Å². The fourth-order valence-electron chi connectivity index (χ4n) is 4.21. The lowest BCUT2D eigenvalue weighted by molar-refractivity contribution is 0.566. The fourth-order valence-corrected chi connectivity index (χ4v) is 6.41. The second-order valence-electron chi connectivity index (χ2n) is 10.2. The van der Waals surface area contributed by atoms with Crippen molar-refractivity contribution in [2.45, 2.75) is 77.7 Å². The highest BCUT2D eigenvalue weighted by atomic mass is 28.2. The molecule has 0 aromatic heterocycles. The van der Waals surface area contributed by atoms with Gasteiger partial charge >= 0.3 is 0 Å². The monoisotopic (exact) mass is 374 g/mol. The van der Waals surface area contributed by atoms with E-state index < -0.39 is 0 Å². The summed E-state index contributed by atoms with van der Waals surface area (Å²) in [5.41, 5.74) is 8.31. The molecule has 142 valence electrons. The minimum absolute atomic E-state index is 0.144. The zero-order valence-electron chi connectivity index (χ0n) is 18.3. The third-order valence-electron chi connectivity index (χ3n) is 5.52. The normalized spacial score (nSPS) is 16.9. The Kier molecular flexibility index (Phi) is 5.29. The Bertz CT molecular complexity index is 857. The standard InChI is InChI=1S/C26H34Si/c1-17(2)19-14-15-21(25(3,4)5)24(23(19)26(6,7)8)27-22-16-13-18-11-9-10-12-20(18)22/h9-17,22H,1-8H3. The second-order valence-corrected chi connectivity index (χ2v) is 11.6. The van der Waals surface area contributed by atoms with Crippen LogP contribution in [0.5, 0.6) is 0 Å². The van der Waals surface area contributed by atoms with Crippen LogP contribution in [-0.2, 0) is 10.8 Å². The van der Waals surface area contributed by atoms with Gasteiger partial charge in [0.25, 0.3) is 0 Å². The predicted molar refractivity (Wildman–Crippen MR) is 122 cm³/mol. The molecular weight excluding hydrogens is 340 g/mol. The van der Waals surface area contributed by atoms with Gasteiger partial charge in [0, 0.05) is 0 Å². The van der Waals surface area contributed by atoms with Crippen LogP contribution in [-0.4, -0.2) is 9.52 Å². The van der Waals surface area contributed by atoms with Crippen LogP contribution in [0.4, 0.5) is 0 Å². The lowest BCUT2D eigenvalue weighted by Crippen LogP contribution is -2.38. The number of hydrogen-bond donors (Lipinski definition) is 0. The van der Waals surface area contributed by atoms with Crippen LogP contribution in [0.2, 0.25) is 0 Å². The average Bonchev–Trinajstić information content (AvgIpc) is 2.95. The molecule has 2 aromatic rings. The van der Waals surface area contributed by atoms with Gasteiger partial charge in [-0.3, -0.25) is 0 Å². The largest absolute Gasteiger partial charge is 0.0949 e. The third-order valence-corrected chi connectivity index (χ3v) is 7.14. The molecule has 2 radical (unpaired) electrons. The van der Waals surface area contributed by atoms with E-state index in [2.05, 4.69) is 104 Å². The molecule has 0 bridgehead atoms. The number of rotatable bonds is 3. The molecule has 0 N–H and O–H groups in total. The number of hydrogen-bond acceptors (Lipinski definition) is 0. The highest BCUT2D eigenvalue weighted by Crippen LogP contribution is 2.35. The molecular formula is C26H34Si. The average molecular weight is 375 g/mol. The van der Waals surface area contributed by atoms with Crippen LogP contribution >= 0.6 is 0 Å². The van der Waals surface area contributed by atoms with Gasteiger partial charge in [-0.05, 0) is 50.1 Å². The van der Waals surface area contributed by atoms with E-state index in [0.717, 1.165) is 9.52 Å². The Morgan fingerprint density at radius 2 is 1.52 bits per heavy atom. The van der Waals surface area contributed by atoms with Crippen molar-refractivity contribution >= 4 is 20.8 Å². The van der Waals surface area contributed by atoms with Gasteiger partial charge in [-0.15, -0.1) is 0 Å². The number of allylic oxidation sites excluding steroid dienone is 1. The molecule has 3 rings (SSSR count). The van der Waals surface area contributed by atoms with Crippen molar-refractivity contribution < 1.29 is 0 Å². The maximum absolute atomic E-state index is 2.42. The third kappa shape index (κ3) is 3.99. The summed E-state index contributed by atoms with van der Waals surface area (Å²) in [6.45, 7) is 18.9. The van der Waals surface area contributed by atoms with Crippen molar-refractivity contribution in [2.75, 3.05) is 0 Å². The topological polar surface area (TPSA) is 0 Å². The van der Waals surface area contributed by atoms with Gasteiger partial charge in [-0.25, -0.2) is 0 Å². The first-order valence-corrected chi connectivity index (χ1v) is 11.3. The molecule has 27 heavy (non-hydrogen) atoms. The first kappa shape index (κ1) is 20.1. The zero-order chi connectivity index (χ0) is 20.0. The summed E-state index contributed by atoms with van der Waals surface area (Å²) in [5.74, 6) is 0.545. The summed E-state index contributed by atoms with van der Waals surface area (Å²) in [7, 11) is 0.772. The zero-order valence-corrected chi connectivity index (χ0v) is 19.3. The molecule has 1 atom stereocenters. The van der Waals surface area contributed by atoms with E-state index in [9.17, 15) is 0 Å². The molecule has 1 unspecified atom stereocenters. The van der Waals surface area contributed by atoms with E-state index >= 15 is 0 Å². The van der Waals surface area contributed by atoms with E-state index in [1.165, 1.54) is 22.3 Å². The van der Waals surface area contributed by atoms with Gasteiger partial charge in [-0.1, -0.05) is 109 Å². The minimum atomic E-state index is 0.144. The van der Waals surface area contributed by atoms with Gasteiger partial charge in [0.05, 0.1) is 9.52 Å². The Morgan fingerprint density at radius 1 is 0.852 bits per heavy atom. The van der Waals surface area contributed by atoms with E-state index in [0.29, 0.717) is 11.5 Å². The number of fused-ring (bicyclic) bond motifs is 1. The first-order valence-electron chi connectivity index (χ1n) is 10.2. The molecule has 0 aliphatic heterocycles. The van der Waals surface area contributed by atoms with Crippen molar-refractivity contribution in [2.24, 2.45) is 0 Å². The molecule has 0 fully saturated rings. The van der Waals surface area contributed by atoms with Crippen LogP contribution in [0.3, 0.4) is 0 Å². The molecule has 0 saturated heterocycles. The van der Waals surface area contributed by atoms with Crippen molar-refractivity contribution in [1.29, 1.82) is 0 Å². The van der Waals surface area contributed by atoms with Gasteiger partial charge < -0.3 is 0 Å². The van der Waals surface area contributed by atoms with Gasteiger partial charge in [0.2, 0.25) is 0 Å². The quantitative estimate of drug-likeness (QED) is 0.538. The Morgan fingerprint density at radius 3 is 2.11 bits per heavy atom. The van der Waals surface area contributed by atoms with Crippen LogP contribution in [0, 0.1) is 0 Å². The molecule has 0 heterocycles. The summed E-state index contributed by atoms with van der Waals surface area (Å²) < 4.78 is 0. The predicted octanol–water partition coefficient (Wildman–Crippen LogP) is 6.50. The summed E-state index contributed by atoms with van der Waals surface area (Å²) in [5, 5.41) is 1.60.